The third-order valence-corrected chi connectivity index (χ3v) is 4.64. The molecule has 0 saturated carbocycles. The summed E-state index contributed by atoms with van der Waals surface area (Å²) in [6, 6.07) is 13.7. The number of aromatic nitrogens is 1. The largest absolute Gasteiger partial charge is 0.352 e. The van der Waals surface area contributed by atoms with Gasteiger partial charge in [0.25, 0.3) is 5.91 Å². The number of benzene rings is 1. The van der Waals surface area contributed by atoms with E-state index in [1.165, 1.54) is 0 Å². The molecule has 1 saturated heterocycles. The summed E-state index contributed by atoms with van der Waals surface area (Å²) in [5.41, 5.74) is 1.66. The first kappa shape index (κ1) is 18.4. The maximum Gasteiger partial charge on any atom is 0.252 e. The minimum Gasteiger partial charge on any atom is -0.352 e. The van der Waals surface area contributed by atoms with Gasteiger partial charge in [-0.15, -0.1) is 0 Å². The third kappa shape index (κ3) is 5.03. The van der Waals surface area contributed by atoms with Crippen LogP contribution in [0.1, 0.15) is 16.8 Å². The van der Waals surface area contributed by atoms with Crippen LogP contribution in [0.4, 0.5) is 11.5 Å². The van der Waals surface area contributed by atoms with Gasteiger partial charge in [0.05, 0.1) is 5.56 Å². The minimum atomic E-state index is -0.0632. The fraction of sp³-hybridized carbons (Fsp3) is 0.400. The van der Waals surface area contributed by atoms with Gasteiger partial charge >= 0.3 is 0 Å². The molecular formula is C20H27N5O. The molecule has 26 heavy (non-hydrogen) atoms. The van der Waals surface area contributed by atoms with E-state index in [2.05, 4.69) is 20.5 Å². The van der Waals surface area contributed by atoms with Gasteiger partial charge < -0.3 is 20.4 Å². The van der Waals surface area contributed by atoms with Gasteiger partial charge in [-0.3, -0.25) is 4.79 Å². The van der Waals surface area contributed by atoms with Crippen molar-refractivity contribution in [1.82, 2.24) is 20.5 Å². The lowest BCUT2D eigenvalue weighted by molar-refractivity contribution is 0.0951. The molecule has 2 aromatic rings. The molecule has 2 N–H and O–H groups in total. The van der Waals surface area contributed by atoms with E-state index >= 15 is 0 Å². The smallest absolute Gasteiger partial charge is 0.252 e. The van der Waals surface area contributed by atoms with Crippen LogP contribution in [0, 0.1) is 0 Å². The molecule has 1 aromatic carbocycles. The molecule has 2 heterocycles. The summed E-state index contributed by atoms with van der Waals surface area (Å²) < 4.78 is 0. The number of nitrogens with one attached hydrogen (secondary N) is 2. The molecule has 138 valence electrons. The van der Waals surface area contributed by atoms with Crippen LogP contribution in [0.15, 0.2) is 48.7 Å². The maximum atomic E-state index is 12.3. The number of anilines is 2. The molecule has 0 bridgehead atoms. The second kappa shape index (κ2) is 9.31. The predicted octanol–water partition coefficient (Wildman–Crippen LogP) is 1.87. The molecule has 1 fully saturated rings. The summed E-state index contributed by atoms with van der Waals surface area (Å²) in [4.78, 5) is 21.1. The van der Waals surface area contributed by atoms with Crippen molar-refractivity contribution >= 4 is 17.4 Å². The van der Waals surface area contributed by atoms with Gasteiger partial charge in [0.15, 0.2) is 0 Å². The van der Waals surface area contributed by atoms with Gasteiger partial charge in [-0.2, -0.15) is 0 Å². The number of piperazine rings is 1. The van der Waals surface area contributed by atoms with Crippen LogP contribution in [0.25, 0.3) is 0 Å². The van der Waals surface area contributed by atoms with Crippen molar-refractivity contribution in [2.45, 2.75) is 6.42 Å². The zero-order chi connectivity index (χ0) is 18.2. The number of para-hydroxylation sites is 1. The molecule has 0 atom stereocenters. The summed E-state index contributed by atoms with van der Waals surface area (Å²) in [5, 5.41) is 6.33. The summed E-state index contributed by atoms with van der Waals surface area (Å²) >= 11 is 0. The standard InChI is InChI=1S/C20H27N5O/c1-24(18-6-3-2-4-7-18)19-9-8-17(16-23-19)20(26)22-10-5-13-25-14-11-21-12-15-25/h2-4,6-9,16,21H,5,10-15H2,1H3,(H,22,26). The van der Waals surface area contributed by atoms with Crippen LogP contribution < -0.4 is 15.5 Å². The van der Waals surface area contributed by atoms with Gasteiger partial charge in [-0.05, 0) is 37.2 Å². The average Bonchev–Trinajstić information content (AvgIpc) is 2.72. The van der Waals surface area contributed by atoms with E-state index in [9.17, 15) is 4.79 Å². The first-order chi connectivity index (χ1) is 12.7. The van der Waals surface area contributed by atoms with E-state index in [1.807, 2.05) is 54.4 Å². The highest BCUT2D eigenvalue weighted by atomic mass is 16.1. The first-order valence-corrected chi connectivity index (χ1v) is 9.20. The summed E-state index contributed by atoms with van der Waals surface area (Å²) in [5.74, 6) is 0.748. The van der Waals surface area contributed by atoms with Crippen molar-refractivity contribution in [3.05, 3.63) is 54.2 Å². The Morgan fingerprint density at radius 2 is 1.96 bits per heavy atom. The monoisotopic (exact) mass is 353 g/mol. The van der Waals surface area contributed by atoms with Crippen molar-refractivity contribution in [2.75, 3.05) is 51.2 Å². The van der Waals surface area contributed by atoms with E-state index in [0.717, 1.165) is 50.6 Å². The number of carbonyl (C=O) groups excluding carboxylic acids is 1. The van der Waals surface area contributed by atoms with Gasteiger partial charge in [0.2, 0.25) is 0 Å². The predicted molar refractivity (Wildman–Crippen MR) is 105 cm³/mol. The van der Waals surface area contributed by atoms with E-state index < -0.39 is 0 Å². The molecule has 3 rings (SSSR count). The molecule has 1 aromatic heterocycles. The Kier molecular flexibility index (Phi) is 6.57. The zero-order valence-electron chi connectivity index (χ0n) is 15.3. The van der Waals surface area contributed by atoms with Crippen LogP contribution >= 0.6 is 0 Å². The van der Waals surface area contributed by atoms with Gasteiger partial charge in [-0.25, -0.2) is 4.98 Å². The Morgan fingerprint density at radius 3 is 2.65 bits per heavy atom. The van der Waals surface area contributed by atoms with Crippen LogP contribution in [0.3, 0.4) is 0 Å². The van der Waals surface area contributed by atoms with Crippen LogP contribution in [-0.2, 0) is 0 Å². The van der Waals surface area contributed by atoms with Crippen LogP contribution in [-0.4, -0.2) is 62.1 Å². The van der Waals surface area contributed by atoms with Crippen molar-refractivity contribution in [2.24, 2.45) is 0 Å². The molecule has 1 aliphatic heterocycles. The summed E-state index contributed by atoms with van der Waals surface area (Å²) in [6.07, 6.45) is 2.61. The quantitative estimate of drug-likeness (QED) is 0.744. The number of nitrogens with zero attached hydrogens (tertiary/aromatic N) is 3. The second-order valence-corrected chi connectivity index (χ2v) is 6.50. The Balaban J connectivity index is 1.46. The lowest BCUT2D eigenvalue weighted by atomic mass is 10.2. The van der Waals surface area contributed by atoms with E-state index in [1.54, 1.807) is 6.20 Å². The molecule has 1 aliphatic rings. The third-order valence-electron chi connectivity index (χ3n) is 4.64. The Hall–Kier alpha value is -2.44. The highest BCUT2D eigenvalue weighted by molar-refractivity contribution is 5.94. The number of carbonyl (C=O) groups is 1. The Bertz CT molecular complexity index is 683. The zero-order valence-corrected chi connectivity index (χ0v) is 15.3. The highest BCUT2D eigenvalue weighted by Crippen LogP contribution is 2.20. The molecular weight excluding hydrogens is 326 g/mol. The molecule has 6 heteroatoms. The van der Waals surface area contributed by atoms with Crippen molar-refractivity contribution < 1.29 is 4.79 Å². The number of hydrogen-bond donors (Lipinski definition) is 2. The number of amides is 1. The fourth-order valence-electron chi connectivity index (χ4n) is 3.04. The van der Waals surface area contributed by atoms with Crippen LogP contribution in [0.5, 0.6) is 0 Å². The average molecular weight is 353 g/mol. The normalized spacial score (nSPS) is 14.8. The van der Waals surface area contributed by atoms with Crippen molar-refractivity contribution in [3.63, 3.8) is 0 Å². The van der Waals surface area contributed by atoms with E-state index in [-0.39, 0.29) is 5.91 Å². The Labute approximate surface area is 155 Å². The second-order valence-electron chi connectivity index (χ2n) is 6.50. The fourth-order valence-corrected chi connectivity index (χ4v) is 3.04. The van der Waals surface area contributed by atoms with Gasteiger partial charge in [-0.1, -0.05) is 18.2 Å². The van der Waals surface area contributed by atoms with Crippen LogP contribution in [0.2, 0.25) is 0 Å². The molecule has 0 radical (unpaired) electrons. The number of rotatable bonds is 7. The SMILES string of the molecule is CN(c1ccccc1)c1ccc(C(=O)NCCCN2CCNCC2)cn1. The van der Waals surface area contributed by atoms with E-state index in [4.69, 9.17) is 0 Å². The molecule has 0 spiro atoms. The van der Waals surface area contributed by atoms with Gasteiger partial charge in [0, 0.05) is 51.7 Å². The molecule has 0 aliphatic carbocycles. The lowest BCUT2D eigenvalue weighted by Gasteiger charge is -2.27. The maximum absolute atomic E-state index is 12.3. The molecule has 0 unspecified atom stereocenters. The van der Waals surface area contributed by atoms with Crippen molar-refractivity contribution in [1.29, 1.82) is 0 Å². The first-order valence-electron chi connectivity index (χ1n) is 9.20. The summed E-state index contributed by atoms with van der Waals surface area (Å²) in [6.45, 7) is 6.02. The van der Waals surface area contributed by atoms with E-state index in [0.29, 0.717) is 12.1 Å². The Morgan fingerprint density at radius 1 is 1.19 bits per heavy atom. The minimum absolute atomic E-state index is 0.0632. The topological polar surface area (TPSA) is 60.5 Å². The number of hydrogen-bond acceptors (Lipinski definition) is 5. The number of pyridine rings is 1. The molecule has 1 amide bonds. The molecule has 6 nitrogen and oxygen atoms in total. The van der Waals surface area contributed by atoms with Gasteiger partial charge in [0.1, 0.15) is 5.82 Å². The lowest BCUT2D eigenvalue weighted by Crippen LogP contribution is -2.44. The highest BCUT2D eigenvalue weighted by Gasteiger charge is 2.10. The summed E-state index contributed by atoms with van der Waals surface area (Å²) in [7, 11) is 1.97. The van der Waals surface area contributed by atoms with Crippen molar-refractivity contribution in [3.8, 4) is 0 Å².